The van der Waals surface area contributed by atoms with E-state index in [1.165, 1.54) is 24.3 Å². The molecule has 0 bridgehead atoms. The van der Waals surface area contributed by atoms with Gasteiger partial charge >= 0.3 is 12.8 Å². The van der Waals surface area contributed by atoms with Gasteiger partial charge in [-0.2, -0.15) is 22.0 Å². The van der Waals surface area contributed by atoms with Crippen LogP contribution in [0.2, 0.25) is 0 Å². The summed E-state index contributed by atoms with van der Waals surface area (Å²) < 4.78 is 67.0. The fourth-order valence-electron chi connectivity index (χ4n) is 2.59. The van der Waals surface area contributed by atoms with E-state index in [0.717, 1.165) is 16.3 Å². The highest BCUT2D eigenvalue weighted by Crippen LogP contribution is 2.23. The first-order valence-corrected chi connectivity index (χ1v) is 9.66. The van der Waals surface area contributed by atoms with Crippen molar-refractivity contribution in [2.75, 3.05) is 12.3 Å². The van der Waals surface area contributed by atoms with Gasteiger partial charge in [-0.05, 0) is 36.4 Å². The molecule has 0 saturated heterocycles. The lowest BCUT2D eigenvalue weighted by Gasteiger charge is -2.14. The first kappa shape index (κ1) is 22.5. The van der Waals surface area contributed by atoms with Crippen molar-refractivity contribution in [2.24, 2.45) is 0 Å². The summed E-state index contributed by atoms with van der Waals surface area (Å²) in [5, 5.41) is 2.06. The Balaban J connectivity index is 1.94. The summed E-state index contributed by atoms with van der Waals surface area (Å²) in [7, 11) is 0. The van der Waals surface area contributed by atoms with Gasteiger partial charge in [0.2, 0.25) is 5.91 Å². The second kappa shape index (κ2) is 9.33. The molecule has 1 aromatic heterocycles. The maximum atomic E-state index is 13.0. The van der Waals surface area contributed by atoms with Crippen molar-refractivity contribution in [3.8, 4) is 11.4 Å². The number of carbonyl (C=O) groups excluding carboxylic acids is 1. The molecule has 1 amide bonds. The number of rotatable bonds is 7. The molecule has 0 atom stereocenters. The van der Waals surface area contributed by atoms with Crippen LogP contribution < -0.4 is 15.6 Å². The quantitative estimate of drug-likeness (QED) is 0.331. The number of para-hydroxylation sites is 1. The van der Waals surface area contributed by atoms with Crippen molar-refractivity contribution in [3.05, 3.63) is 58.9 Å². The number of hydrogen-bond donors (Lipinski definition) is 1. The van der Waals surface area contributed by atoms with Crippen LogP contribution >= 0.6 is 11.8 Å². The van der Waals surface area contributed by atoms with Crippen molar-refractivity contribution < 1.29 is 31.5 Å². The van der Waals surface area contributed by atoms with E-state index in [1.807, 2.05) is 0 Å². The van der Waals surface area contributed by atoms with E-state index in [4.69, 9.17) is 0 Å². The Labute approximate surface area is 176 Å². The molecule has 0 fully saturated rings. The first-order chi connectivity index (χ1) is 14.6. The second-order valence-electron chi connectivity index (χ2n) is 6.11. The summed E-state index contributed by atoms with van der Waals surface area (Å²) in [6, 6.07) is 11.6. The van der Waals surface area contributed by atoms with Crippen LogP contribution in [0.5, 0.6) is 5.75 Å². The number of fused-ring (bicyclic) bond motifs is 1. The molecule has 0 aliphatic heterocycles. The zero-order valence-electron chi connectivity index (χ0n) is 15.5. The van der Waals surface area contributed by atoms with Gasteiger partial charge in [-0.3, -0.25) is 14.2 Å². The number of alkyl halides is 5. The minimum Gasteiger partial charge on any atom is -0.435 e. The normalized spacial score (nSPS) is 11.7. The first-order valence-electron chi connectivity index (χ1n) is 8.67. The third-order valence-electron chi connectivity index (χ3n) is 3.88. The maximum absolute atomic E-state index is 13.0. The molecule has 1 N–H and O–H groups in total. The zero-order valence-corrected chi connectivity index (χ0v) is 16.3. The van der Waals surface area contributed by atoms with Crippen LogP contribution in [-0.4, -0.2) is 40.5 Å². The number of aromatic nitrogens is 2. The third-order valence-corrected chi connectivity index (χ3v) is 4.82. The zero-order chi connectivity index (χ0) is 22.6. The Bertz CT molecular complexity index is 1130. The van der Waals surface area contributed by atoms with E-state index in [1.54, 1.807) is 29.6 Å². The summed E-state index contributed by atoms with van der Waals surface area (Å²) in [6.07, 6.45) is -4.55. The summed E-state index contributed by atoms with van der Waals surface area (Å²) in [5.74, 6) is -1.44. The van der Waals surface area contributed by atoms with Gasteiger partial charge < -0.3 is 10.1 Å². The number of nitrogens with one attached hydrogen (secondary N) is 1. The summed E-state index contributed by atoms with van der Waals surface area (Å²) in [4.78, 5) is 29.1. The smallest absolute Gasteiger partial charge is 0.405 e. The fraction of sp³-hybridized carbons (Fsp3) is 0.211. The predicted octanol–water partition coefficient (Wildman–Crippen LogP) is 3.76. The van der Waals surface area contributed by atoms with E-state index in [0.29, 0.717) is 5.52 Å². The van der Waals surface area contributed by atoms with Crippen molar-refractivity contribution in [1.82, 2.24) is 14.9 Å². The van der Waals surface area contributed by atoms with E-state index < -0.39 is 36.6 Å². The summed E-state index contributed by atoms with van der Waals surface area (Å²) in [5.41, 5.74) is 0.0917. The molecular weight excluding hydrogens is 445 g/mol. The van der Waals surface area contributed by atoms with Gasteiger partial charge in [-0.1, -0.05) is 23.9 Å². The number of ether oxygens (including phenoxy) is 1. The van der Waals surface area contributed by atoms with Gasteiger partial charge in [0.25, 0.3) is 5.56 Å². The van der Waals surface area contributed by atoms with Crippen LogP contribution in [0.1, 0.15) is 0 Å². The second-order valence-corrected chi connectivity index (χ2v) is 7.05. The molecule has 3 rings (SSSR count). The summed E-state index contributed by atoms with van der Waals surface area (Å²) in [6.45, 7) is -4.49. The lowest BCUT2D eigenvalue weighted by molar-refractivity contribution is -0.136. The molecular formula is C19H14F5N3O3S. The molecule has 0 saturated carbocycles. The molecule has 0 radical (unpaired) electrons. The minimum atomic E-state index is -4.55. The maximum Gasteiger partial charge on any atom is 0.405 e. The van der Waals surface area contributed by atoms with Gasteiger partial charge in [-0.25, -0.2) is 4.98 Å². The Kier molecular flexibility index (Phi) is 6.78. The highest BCUT2D eigenvalue weighted by molar-refractivity contribution is 7.99. The predicted molar refractivity (Wildman–Crippen MR) is 104 cm³/mol. The Morgan fingerprint density at radius 2 is 1.81 bits per heavy atom. The van der Waals surface area contributed by atoms with E-state index in [2.05, 4.69) is 9.72 Å². The van der Waals surface area contributed by atoms with E-state index >= 15 is 0 Å². The van der Waals surface area contributed by atoms with Crippen LogP contribution in [0.3, 0.4) is 0 Å². The monoisotopic (exact) mass is 459 g/mol. The topological polar surface area (TPSA) is 73.2 Å². The van der Waals surface area contributed by atoms with Gasteiger partial charge in [0, 0.05) is 0 Å². The highest BCUT2D eigenvalue weighted by Gasteiger charge is 2.27. The third kappa shape index (κ3) is 5.94. The number of carbonyl (C=O) groups is 1. The summed E-state index contributed by atoms with van der Waals surface area (Å²) >= 11 is 0.766. The largest absolute Gasteiger partial charge is 0.435 e. The van der Waals surface area contributed by atoms with Gasteiger partial charge in [0.15, 0.2) is 5.16 Å². The Hall–Kier alpha value is -3.15. The Morgan fingerprint density at radius 3 is 2.45 bits per heavy atom. The van der Waals surface area contributed by atoms with Crippen LogP contribution in [0.15, 0.2) is 58.5 Å². The van der Waals surface area contributed by atoms with Gasteiger partial charge in [0.1, 0.15) is 12.3 Å². The van der Waals surface area contributed by atoms with Crippen LogP contribution in [0, 0.1) is 0 Å². The number of nitrogens with zero attached hydrogens (tertiary/aromatic N) is 2. The molecule has 1 heterocycles. The molecule has 12 heteroatoms. The van der Waals surface area contributed by atoms with Crippen molar-refractivity contribution in [3.63, 3.8) is 0 Å². The van der Waals surface area contributed by atoms with E-state index in [9.17, 15) is 31.5 Å². The highest BCUT2D eigenvalue weighted by atomic mass is 32.2. The number of hydrogen-bond acceptors (Lipinski definition) is 5. The van der Waals surface area contributed by atoms with Crippen LogP contribution in [-0.2, 0) is 4.79 Å². The molecule has 6 nitrogen and oxygen atoms in total. The Morgan fingerprint density at radius 1 is 1.13 bits per heavy atom. The van der Waals surface area contributed by atoms with Crippen molar-refractivity contribution >= 4 is 28.6 Å². The molecule has 0 aliphatic carbocycles. The fourth-order valence-corrected chi connectivity index (χ4v) is 3.44. The average molecular weight is 459 g/mol. The van der Waals surface area contributed by atoms with E-state index in [-0.39, 0.29) is 22.0 Å². The number of halogens is 5. The molecule has 2 aromatic carbocycles. The number of benzene rings is 2. The van der Waals surface area contributed by atoms with Crippen molar-refractivity contribution in [2.45, 2.75) is 17.9 Å². The molecule has 0 aliphatic rings. The molecule has 0 spiro atoms. The SMILES string of the molecule is O=C(CSc1nc2ccccc2c(=O)n1-c1ccc(OC(F)F)cc1)NCC(F)(F)F. The molecule has 0 unspecified atom stereocenters. The lowest BCUT2D eigenvalue weighted by Crippen LogP contribution is -2.35. The van der Waals surface area contributed by atoms with Crippen LogP contribution in [0.4, 0.5) is 22.0 Å². The van der Waals surface area contributed by atoms with Gasteiger partial charge in [0.05, 0.1) is 22.3 Å². The number of thioether (sulfide) groups is 1. The van der Waals surface area contributed by atoms with Crippen LogP contribution in [0.25, 0.3) is 16.6 Å². The van der Waals surface area contributed by atoms with Crippen molar-refractivity contribution in [1.29, 1.82) is 0 Å². The minimum absolute atomic E-state index is 0.0494. The lowest BCUT2D eigenvalue weighted by atomic mass is 10.2. The molecule has 164 valence electrons. The standard InChI is InChI=1S/C19H14F5N3O3S/c20-17(21)30-12-7-5-11(6-8-12)27-16(29)13-3-1-2-4-14(13)26-18(27)31-9-15(28)25-10-19(22,23)24/h1-8,17H,9-10H2,(H,25,28). The van der Waals surface area contributed by atoms with Gasteiger partial charge in [-0.15, -0.1) is 0 Å². The number of amides is 1. The average Bonchev–Trinajstić information content (AvgIpc) is 2.71. The molecule has 31 heavy (non-hydrogen) atoms. The molecule has 3 aromatic rings.